The molecule has 0 aromatic heterocycles. The van der Waals surface area contributed by atoms with Gasteiger partial charge in [-0.1, -0.05) is 18.2 Å². The van der Waals surface area contributed by atoms with E-state index in [1.807, 2.05) is 6.07 Å². The first-order chi connectivity index (χ1) is 13.6. The number of carbonyl (C=O) groups excluding carboxylic acids is 3. The number of hydrogen-bond donors (Lipinski definition) is 4. The second-order valence-corrected chi connectivity index (χ2v) is 5.83. The standard InChI is InChI=1S/C20H24N4O4/c1-28-17-9-7-16(8-10-17)24-20(27)23-12-11-18(25)21-13-14-22-19(26)15-5-3-2-4-6-15/h2-10H,11-14H2,1H3,(H,21,25)(H,22,26)(H2,23,24,27). The molecule has 0 saturated carbocycles. The summed E-state index contributed by atoms with van der Waals surface area (Å²) in [6.07, 6.45) is 0.142. The van der Waals surface area contributed by atoms with Gasteiger partial charge in [0, 0.05) is 37.3 Å². The van der Waals surface area contributed by atoms with E-state index in [0.717, 1.165) is 0 Å². The molecule has 0 aliphatic carbocycles. The number of ether oxygens (including phenoxy) is 1. The summed E-state index contributed by atoms with van der Waals surface area (Å²) in [7, 11) is 1.57. The summed E-state index contributed by atoms with van der Waals surface area (Å²) in [6.45, 7) is 0.838. The zero-order valence-corrected chi connectivity index (χ0v) is 15.7. The fraction of sp³-hybridized carbons (Fsp3) is 0.250. The van der Waals surface area contributed by atoms with Gasteiger partial charge in [0.2, 0.25) is 5.91 Å². The Balaban J connectivity index is 1.55. The van der Waals surface area contributed by atoms with Gasteiger partial charge in [0.05, 0.1) is 7.11 Å². The number of benzene rings is 2. The van der Waals surface area contributed by atoms with Gasteiger partial charge in [-0.15, -0.1) is 0 Å². The van der Waals surface area contributed by atoms with E-state index in [0.29, 0.717) is 30.1 Å². The van der Waals surface area contributed by atoms with Gasteiger partial charge < -0.3 is 26.0 Å². The van der Waals surface area contributed by atoms with E-state index in [1.54, 1.807) is 55.6 Å². The minimum Gasteiger partial charge on any atom is -0.497 e. The van der Waals surface area contributed by atoms with Crippen LogP contribution in [0.15, 0.2) is 54.6 Å². The molecular formula is C20H24N4O4. The maximum atomic E-state index is 11.8. The summed E-state index contributed by atoms with van der Waals surface area (Å²) in [6, 6.07) is 15.4. The van der Waals surface area contributed by atoms with Crippen molar-refractivity contribution in [1.29, 1.82) is 0 Å². The molecule has 4 amide bonds. The van der Waals surface area contributed by atoms with Gasteiger partial charge in [0.15, 0.2) is 0 Å². The van der Waals surface area contributed by atoms with E-state index in [2.05, 4.69) is 21.3 Å². The Hall–Kier alpha value is -3.55. The minimum absolute atomic E-state index is 0.142. The number of hydrogen-bond acceptors (Lipinski definition) is 4. The smallest absolute Gasteiger partial charge is 0.319 e. The van der Waals surface area contributed by atoms with Crippen molar-refractivity contribution in [1.82, 2.24) is 16.0 Å². The Bertz CT molecular complexity index is 779. The van der Waals surface area contributed by atoms with Crippen molar-refractivity contribution in [2.24, 2.45) is 0 Å². The predicted octanol–water partition coefficient (Wildman–Crippen LogP) is 1.75. The van der Waals surface area contributed by atoms with E-state index < -0.39 is 6.03 Å². The summed E-state index contributed by atoms with van der Waals surface area (Å²) in [4.78, 5) is 35.4. The number of carbonyl (C=O) groups is 3. The lowest BCUT2D eigenvalue weighted by atomic mass is 10.2. The molecule has 2 aromatic carbocycles. The third kappa shape index (κ3) is 7.36. The number of anilines is 1. The quantitative estimate of drug-likeness (QED) is 0.494. The average Bonchev–Trinajstić information content (AvgIpc) is 2.72. The van der Waals surface area contributed by atoms with Crippen LogP contribution in [0.5, 0.6) is 5.75 Å². The highest BCUT2D eigenvalue weighted by Gasteiger charge is 2.06. The largest absolute Gasteiger partial charge is 0.497 e. The molecule has 0 saturated heterocycles. The molecule has 0 atom stereocenters. The highest BCUT2D eigenvalue weighted by atomic mass is 16.5. The van der Waals surface area contributed by atoms with E-state index in [9.17, 15) is 14.4 Å². The van der Waals surface area contributed by atoms with E-state index in [1.165, 1.54) is 0 Å². The zero-order chi connectivity index (χ0) is 20.2. The molecule has 2 aromatic rings. The molecule has 0 radical (unpaired) electrons. The van der Waals surface area contributed by atoms with Gasteiger partial charge >= 0.3 is 6.03 Å². The summed E-state index contributed by atoms with van der Waals surface area (Å²) in [5.41, 5.74) is 1.19. The Morgan fingerprint density at radius 1 is 0.821 bits per heavy atom. The van der Waals surface area contributed by atoms with Crippen LogP contribution in [-0.4, -0.2) is 44.6 Å². The molecule has 0 aliphatic heterocycles. The van der Waals surface area contributed by atoms with Crippen LogP contribution in [0.3, 0.4) is 0 Å². The number of nitrogens with one attached hydrogen (secondary N) is 4. The summed E-state index contributed by atoms with van der Waals surface area (Å²) < 4.78 is 5.05. The van der Waals surface area contributed by atoms with Crippen LogP contribution in [0.25, 0.3) is 0 Å². The Morgan fingerprint density at radius 2 is 1.50 bits per heavy atom. The molecular weight excluding hydrogens is 360 g/mol. The maximum Gasteiger partial charge on any atom is 0.319 e. The van der Waals surface area contributed by atoms with Crippen LogP contribution in [-0.2, 0) is 4.79 Å². The van der Waals surface area contributed by atoms with Crippen molar-refractivity contribution >= 4 is 23.5 Å². The van der Waals surface area contributed by atoms with Crippen molar-refractivity contribution in [2.45, 2.75) is 6.42 Å². The normalized spacial score (nSPS) is 9.89. The number of methoxy groups -OCH3 is 1. The average molecular weight is 384 g/mol. The van der Waals surface area contributed by atoms with Crippen molar-refractivity contribution in [2.75, 3.05) is 32.1 Å². The summed E-state index contributed by atoms with van der Waals surface area (Å²) in [5.74, 6) is 0.299. The molecule has 8 nitrogen and oxygen atoms in total. The summed E-state index contributed by atoms with van der Waals surface area (Å²) >= 11 is 0. The van der Waals surface area contributed by atoms with Crippen LogP contribution in [0.2, 0.25) is 0 Å². The summed E-state index contributed by atoms with van der Waals surface area (Å²) in [5, 5.41) is 10.7. The van der Waals surface area contributed by atoms with Crippen LogP contribution in [0, 0.1) is 0 Å². The highest BCUT2D eigenvalue weighted by Crippen LogP contribution is 2.14. The van der Waals surface area contributed by atoms with Crippen molar-refractivity contribution in [3.63, 3.8) is 0 Å². The maximum absolute atomic E-state index is 11.8. The third-order valence-electron chi connectivity index (χ3n) is 3.75. The first kappa shape index (κ1) is 20.8. The molecule has 4 N–H and O–H groups in total. The molecule has 0 fully saturated rings. The number of urea groups is 1. The molecule has 28 heavy (non-hydrogen) atoms. The number of rotatable bonds is 9. The fourth-order valence-electron chi connectivity index (χ4n) is 2.30. The van der Waals surface area contributed by atoms with E-state index in [4.69, 9.17) is 4.74 Å². The number of amides is 4. The second-order valence-electron chi connectivity index (χ2n) is 5.83. The lowest BCUT2D eigenvalue weighted by Crippen LogP contribution is -2.37. The van der Waals surface area contributed by atoms with Crippen molar-refractivity contribution < 1.29 is 19.1 Å². The molecule has 0 aliphatic rings. The van der Waals surface area contributed by atoms with Gasteiger partial charge in [0.1, 0.15) is 5.75 Å². The van der Waals surface area contributed by atoms with Crippen LogP contribution in [0.1, 0.15) is 16.8 Å². The Morgan fingerprint density at radius 3 is 2.18 bits per heavy atom. The molecule has 148 valence electrons. The van der Waals surface area contributed by atoms with Crippen LogP contribution < -0.4 is 26.0 Å². The van der Waals surface area contributed by atoms with Gasteiger partial charge in [0.25, 0.3) is 5.91 Å². The lowest BCUT2D eigenvalue weighted by Gasteiger charge is -2.09. The molecule has 0 unspecified atom stereocenters. The van der Waals surface area contributed by atoms with Crippen molar-refractivity contribution in [3.05, 3.63) is 60.2 Å². The lowest BCUT2D eigenvalue weighted by molar-refractivity contribution is -0.120. The Labute approximate surface area is 163 Å². The molecule has 0 bridgehead atoms. The first-order valence-corrected chi connectivity index (χ1v) is 8.87. The van der Waals surface area contributed by atoms with Crippen molar-refractivity contribution in [3.8, 4) is 5.75 Å². The fourth-order valence-corrected chi connectivity index (χ4v) is 2.30. The van der Waals surface area contributed by atoms with Gasteiger partial charge in [-0.3, -0.25) is 9.59 Å². The molecule has 2 rings (SSSR count). The molecule has 0 spiro atoms. The second kappa shape index (κ2) is 11.2. The Kier molecular flexibility index (Phi) is 8.32. The van der Waals surface area contributed by atoms with Gasteiger partial charge in [-0.05, 0) is 36.4 Å². The monoisotopic (exact) mass is 384 g/mol. The molecule has 8 heteroatoms. The van der Waals surface area contributed by atoms with Gasteiger partial charge in [-0.25, -0.2) is 4.79 Å². The van der Waals surface area contributed by atoms with E-state index >= 15 is 0 Å². The van der Waals surface area contributed by atoms with Gasteiger partial charge in [-0.2, -0.15) is 0 Å². The van der Waals surface area contributed by atoms with E-state index in [-0.39, 0.29) is 24.8 Å². The molecule has 0 heterocycles. The van der Waals surface area contributed by atoms with Crippen LogP contribution >= 0.6 is 0 Å². The predicted molar refractivity (Wildman–Crippen MR) is 106 cm³/mol. The zero-order valence-electron chi connectivity index (χ0n) is 15.7. The first-order valence-electron chi connectivity index (χ1n) is 8.87. The topological polar surface area (TPSA) is 109 Å². The minimum atomic E-state index is -0.395. The third-order valence-corrected chi connectivity index (χ3v) is 3.75. The SMILES string of the molecule is COc1ccc(NC(=O)NCCC(=O)NCCNC(=O)c2ccccc2)cc1. The van der Waals surface area contributed by atoms with Crippen LogP contribution in [0.4, 0.5) is 10.5 Å². The highest BCUT2D eigenvalue weighted by molar-refractivity contribution is 5.94.